The van der Waals surface area contributed by atoms with Crippen LogP contribution in [0.4, 0.5) is 0 Å². The number of amides is 1. The number of carbonyl (C=O) groups is 1. The zero-order valence-electron chi connectivity index (χ0n) is 14.2. The van der Waals surface area contributed by atoms with Crippen molar-refractivity contribution in [1.82, 2.24) is 10.2 Å². The van der Waals surface area contributed by atoms with Crippen LogP contribution in [-0.2, 0) is 17.8 Å². The highest BCUT2D eigenvalue weighted by molar-refractivity contribution is 5.78. The van der Waals surface area contributed by atoms with Crippen LogP contribution in [0.3, 0.4) is 0 Å². The van der Waals surface area contributed by atoms with Gasteiger partial charge < -0.3 is 19.7 Å². The van der Waals surface area contributed by atoms with Crippen LogP contribution in [0.25, 0.3) is 0 Å². The van der Waals surface area contributed by atoms with E-state index in [1.165, 1.54) is 5.56 Å². The first-order valence-electron chi connectivity index (χ1n) is 8.44. The van der Waals surface area contributed by atoms with Crippen LogP contribution < -0.4 is 14.8 Å². The van der Waals surface area contributed by atoms with E-state index in [1.807, 2.05) is 4.90 Å². The Morgan fingerprint density at radius 3 is 3.00 bits per heavy atom. The van der Waals surface area contributed by atoms with Gasteiger partial charge in [0.1, 0.15) is 17.6 Å². The molecular formula is C18H26N2O3. The largest absolute Gasteiger partial charge is 0.496 e. The molecule has 2 atom stereocenters. The van der Waals surface area contributed by atoms with Gasteiger partial charge in [-0.05, 0) is 32.4 Å². The predicted octanol–water partition coefficient (Wildman–Crippen LogP) is 2.12. The fourth-order valence-corrected chi connectivity index (χ4v) is 3.39. The van der Waals surface area contributed by atoms with Crippen LogP contribution in [0, 0.1) is 0 Å². The minimum Gasteiger partial charge on any atom is -0.496 e. The second-order valence-corrected chi connectivity index (χ2v) is 6.63. The van der Waals surface area contributed by atoms with Gasteiger partial charge in [0.25, 0.3) is 0 Å². The van der Waals surface area contributed by atoms with E-state index in [2.05, 4.69) is 31.3 Å². The van der Waals surface area contributed by atoms with E-state index in [1.54, 1.807) is 7.11 Å². The summed E-state index contributed by atoms with van der Waals surface area (Å²) in [6.07, 6.45) is 2.85. The van der Waals surface area contributed by atoms with Crippen LogP contribution in [0.5, 0.6) is 11.5 Å². The first kappa shape index (κ1) is 16.1. The monoisotopic (exact) mass is 318 g/mol. The van der Waals surface area contributed by atoms with Gasteiger partial charge in [0, 0.05) is 49.6 Å². The number of likely N-dealkylation sites (tertiary alicyclic amines) is 1. The van der Waals surface area contributed by atoms with E-state index in [4.69, 9.17) is 9.47 Å². The highest BCUT2D eigenvalue weighted by atomic mass is 16.5. The summed E-state index contributed by atoms with van der Waals surface area (Å²) < 4.78 is 11.4. The molecule has 0 unspecified atom stereocenters. The fraction of sp³-hybridized carbons (Fsp3) is 0.611. The fourth-order valence-electron chi connectivity index (χ4n) is 3.39. The van der Waals surface area contributed by atoms with Crippen LogP contribution in [0.15, 0.2) is 12.1 Å². The Balaban J connectivity index is 1.61. The lowest BCUT2D eigenvalue weighted by Crippen LogP contribution is -2.39. The molecule has 1 N–H and O–H groups in total. The van der Waals surface area contributed by atoms with E-state index in [0.717, 1.165) is 43.0 Å². The molecule has 0 radical (unpaired) electrons. The van der Waals surface area contributed by atoms with Crippen molar-refractivity contribution in [2.45, 2.75) is 51.8 Å². The lowest BCUT2D eigenvalue weighted by atomic mass is 10.1. The van der Waals surface area contributed by atoms with Gasteiger partial charge in [-0.15, -0.1) is 0 Å². The zero-order valence-corrected chi connectivity index (χ0v) is 14.2. The molecule has 1 saturated heterocycles. The quantitative estimate of drug-likeness (QED) is 0.873. The molecule has 0 saturated carbocycles. The molecule has 5 heteroatoms. The molecule has 2 aliphatic heterocycles. The van der Waals surface area contributed by atoms with Crippen LogP contribution in [0.2, 0.25) is 0 Å². The number of rotatable bonds is 6. The Hall–Kier alpha value is -1.75. The van der Waals surface area contributed by atoms with Crippen LogP contribution in [0.1, 0.15) is 37.8 Å². The first-order valence-corrected chi connectivity index (χ1v) is 8.44. The number of ether oxygens (including phenoxy) is 2. The normalized spacial score (nSPS) is 21.3. The Labute approximate surface area is 137 Å². The van der Waals surface area contributed by atoms with E-state index in [9.17, 15) is 4.79 Å². The molecule has 2 aliphatic rings. The highest BCUT2D eigenvalue weighted by Crippen LogP contribution is 2.34. The van der Waals surface area contributed by atoms with E-state index < -0.39 is 0 Å². The van der Waals surface area contributed by atoms with Crippen molar-refractivity contribution in [3.63, 3.8) is 0 Å². The molecule has 2 heterocycles. The third-order valence-electron chi connectivity index (χ3n) is 4.61. The van der Waals surface area contributed by atoms with E-state index >= 15 is 0 Å². The second kappa shape index (κ2) is 6.79. The Kier molecular flexibility index (Phi) is 4.76. The lowest BCUT2D eigenvalue weighted by molar-refractivity contribution is -0.127. The van der Waals surface area contributed by atoms with Crippen molar-refractivity contribution in [3.05, 3.63) is 23.3 Å². The maximum absolute atomic E-state index is 11.7. The highest BCUT2D eigenvalue weighted by Gasteiger charge is 2.23. The van der Waals surface area contributed by atoms with Crippen molar-refractivity contribution in [3.8, 4) is 11.5 Å². The van der Waals surface area contributed by atoms with E-state index in [0.29, 0.717) is 13.0 Å². The Morgan fingerprint density at radius 1 is 1.48 bits per heavy atom. The second-order valence-electron chi connectivity index (χ2n) is 6.63. The molecule has 0 aliphatic carbocycles. The van der Waals surface area contributed by atoms with Crippen molar-refractivity contribution in [2.24, 2.45) is 0 Å². The Morgan fingerprint density at radius 2 is 2.30 bits per heavy atom. The predicted molar refractivity (Wildman–Crippen MR) is 88.9 cm³/mol. The van der Waals surface area contributed by atoms with Crippen molar-refractivity contribution in [1.29, 1.82) is 0 Å². The molecule has 5 nitrogen and oxygen atoms in total. The van der Waals surface area contributed by atoms with Gasteiger partial charge in [-0.25, -0.2) is 0 Å². The summed E-state index contributed by atoms with van der Waals surface area (Å²) in [5, 5.41) is 3.49. The number of methoxy groups -OCH3 is 1. The molecule has 1 amide bonds. The molecule has 1 fully saturated rings. The summed E-state index contributed by atoms with van der Waals surface area (Å²) in [6.45, 7) is 6.55. The molecule has 0 spiro atoms. The van der Waals surface area contributed by atoms with Crippen molar-refractivity contribution in [2.75, 3.05) is 20.2 Å². The van der Waals surface area contributed by atoms with Crippen LogP contribution in [-0.4, -0.2) is 43.2 Å². The molecule has 3 rings (SSSR count). The Bertz CT molecular complexity index is 588. The topological polar surface area (TPSA) is 50.8 Å². The van der Waals surface area contributed by atoms with Gasteiger partial charge in [-0.1, -0.05) is 0 Å². The number of benzene rings is 1. The standard InChI is InChI=1S/C18H26N2O3/c1-12(11-20-6-4-5-18(20)21)19-10-15-9-17-14(7-13(2)23-17)8-16(15)22-3/h8-9,12-13,19H,4-7,10-11H2,1-3H3/t12-,13+/m0/s1. The average Bonchev–Trinajstić information content (AvgIpc) is 3.08. The zero-order chi connectivity index (χ0) is 16.4. The maximum Gasteiger partial charge on any atom is 0.222 e. The SMILES string of the molecule is COc1cc2c(cc1CN[C@@H](C)CN1CCCC1=O)O[C@H](C)C2. The third kappa shape index (κ3) is 3.61. The summed E-state index contributed by atoms with van der Waals surface area (Å²) in [7, 11) is 1.71. The molecule has 0 aromatic heterocycles. The maximum atomic E-state index is 11.7. The molecule has 23 heavy (non-hydrogen) atoms. The molecular weight excluding hydrogens is 292 g/mol. The molecule has 126 valence electrons. The first-order chi connectivity index (χ1) is 11.1. The molecule has 1 aromatic carbocycles. The van der Waals surface area contributed by atoms with Crippen molar-refractivity contribution >= 4 is 5.91 Å². The summed E-state index contributed by atoms with van der Waals surface area (Å²) in [5.74, 6) is 2.15. The average molecular weight is 318 g/mol. The smallest absolute Gasteiger partial charge is 0.222 e. The van der Waals surface area contributed by atoms with Gasteiger partial charge in [-0.2, -0.15) is 0 Å². The van der Waals surface area contributed by atoms with E-state index in [-0.39, 0.29) is 18.1 Å². The summed E-state index contributed by atoms with van der Waals surface area (Å²) in [6, 6.07) is 4.41. The number of hydrogen-bond donors (Lipinski definition) is 1. The summed E-state index contributed by atoms with van der Waals surface area (Å²) in [4.78, 5) is 13.7. The third-order valence-corrected chi connectivity index (χ3v) is 4.61. The van der Waals surface area contributed by atoms with Gasteiger partial charge in [0.05, 0.1) is 7.11 Å². The number of hydrogen-bond acceptors (Lipinski definition) is 4. The van der Waals surface area contributed by atoms with Crippen molar-refractivity contribution < 1.29 is 14.3 Å². The van der Waals surface area contributed by atoms with Gasteiger partial charge in [-0.3, -0.25) is 4.79 Å². The summed E-state index contributed by atoms with van der Waals surface area (Å²) >= 11 is 0. The number of carbonyl (C=O) groups excluding carboxylic acids is 1. The summed E-state index contributed by atoms with van der Waals surface area (Å²) in [5.41, 5.74) is 2.31. The lowest BCUT2D eigenvalue weighted by Gasteiger charge is -2.22. The van der Waals surface area contributed by atoms with Crippen LogP contribution >= 0.6 is 0 Å². The minimum absolute atomic E-state index is 0.234. The molecule has 1 aromatic rings. The van der Waals surface area contributed by atoms with Gasteiger partial charge in [0.15, 0.2) is 0 Å². The van der Waals surface area contributed by atoms with Gasteiger partial charge in [0.2, 0.25) is 5.91 Å². The number of nitrogens with one attached hydrogen (secondary N) is 1. The van der Waals surface area contributed by atoms with Gasteiger partial charge >= 0.3 is 0 Å². The minimum atomic E-state index is 0.234. The number of nitrogens with zero attached hydrogens (tertiary/aromatic N) is 1. The number of fused-ring (bicyclic) bond motifs is 1. The molecule has 0 bridgehead atoms.